The molecule has 510 valence electrons. The second kappa shape index (κ2) is 29.5. The second-order valence-electron chi connectivity index (χ2n) is 22.3. The quantitative estimate of drug-likeness (QED) is 0.0967. The summed E-state index contributed by atoms with van der Waals surface area (Å²) in [5.74, 6) is -0.830. The van der Waals surface area contributed by atoms with E-state index < -0.39 is 294 Å². The molecule has 35 atom stereocenters. The molecule has 1 aromatic rings. The van der Waals surface area contributed by atoms with Gasteiger partial charge in [0, 0.05) is 0 Å². The summed E-state index contributed by atoms with van der Waals surface area (Å²) < 4.78 is 103. The molecule has 0 saturated carbocycles. The Morgan fingerprint density at radius 1 is 0.337 bits per heavy atom. The number of hydrogen-bond acceptors (Lipinski definition) is 38. The average molecular weight is 1410 g/mol. The molecule has 1 aromatic carbocycles. The van der Waals surface area contributed by atoms with E-state index in [1.54, 1.807) is 0 Å². The van der Waals surface area contributed by atoms with Crippen molar-refractivity contribution in [1.82, 2.24) is 0 Å². The van der Waals surface area contributed by atoms with Crippen LogP contribution in [0.1, 0.15) is 15.9 Å². The Balaban J connectivity index is 0.959. The minimum absolute atomic E-state index is 0.00525. The normalized spacial score (nSPS) is 50.5. The number of carbonyl (C=O) groups is 1. The first-order valence-electron chi connectivity index (χ1n) is 28.1. The van der Waals surface area contributed by atoms with Crippen molar-refractivity contribution in [2.24, 2.45) is 0 Å². The molecule has 15 fully saturated rings. The molecule has 15 saturated heterocycles. The Bertz CT molecular complexity index is 2450. The van der Waals surface area contributed by atoms with Crippen LogP contribution >= 0.6 is 20.6 Å². The van der Waals surface area contributed by atoms with Crippen molar-refractivity contribution in [3.8, 4) is 0 Å². The fraction of sp³-hybridized carbons (Fsp3) is 0.860. The molecule has 0 spiro atoms. The van der Waals surface area contributed by atoms with Crippen molar-refractivity contribution < 1.29 is 184 Å². The SMILES string of the molecule is O=C1OI(O)c2ccc(CO[C@H]3[C@H]4O[C@H]5[C@H](O)[C@@H](O)[C@@H](O[C@H]6[C@H](O)[C@@H](O)[C@@H](O[C@H]7[C@H](O)[C@@H](O)[C@@H](O[C@H]8[C@H](O)[C@@H](O)[C@@H](O[C@H]9[C@H](O)[C@@H](O)[C@@H](O[C@H]%10[C@H](O)[C@@H](O)[C@@H](O[C@@H]([C@@H]3O)[C@@H](CO)O4)O[C@@H]%10CO)O[C@@H]9CO)O[C@@H]8CO)O[C@@H]7CO)O[C@@H]6CO)O[C@@H]5CO)cc21. The number of aliphatic hydroxyl groups excluding tert-OH is 20. The van der Waals surface area contributed by atoms with E-state index in [0.717, 1.165) is 0 Å². The number of carbonyl (C=O) groups excluding carboxylic acids is 1. The van der Waals surface area contributed by atoms with Gasteiger partial charge in [0.2, 0.25) is 0 Å². The van der Waals surface area contributed by atoms with Crippen molar-refractivity contribution in [1.29, 1.82) is 0 Å². The van der Waals surface area contributed by atoms with Crippen LogP contribution < -0.4 is 0 Å². The van der Waals surface area contributed by atoms with Gasteiger partial charge in [0.25, 0.3) is 0 Å². The number of halogens is 1. The zero-order valence-corrected chi connectivity index (χ0v) is 48.5. The molecule has 38 nitrogen and oxygen atoms in total. The molecule has 17 rings (SSSR count). The van der Waals surface area contributed by atoms with Crippen molar-refractivity contribution >= 4 is 26.6 Å². The molecule has 89 heavy (non-hydrogen) atoms. The summed E-state index contributed by atoms with van der Waals surface area (Å²) in [5.41, 5.74) is 0.222. The number of ether oxygens (including phenoxy) is 15. The van der Waals surface area contributed by atoms with Crippen molar-refractivity contribution in [2.45, 2.75) is 222 Å². The van der Waals surface area contributed by atoms with Crippen molar-refractivity contribution in [3.63, 3.8) is 0 Å². The van der Waals surface area contributed by atoms with Crippen LogP contribution in [0.15, 0.2) is 18.2 Å². The van der Waals surface area contributed by atoms with E-state index in [1.807, 2.05) is 0 Å². The topological polar surface area (TPSA) is 590 Å². The Kier molecular flexibility index (Phi) is 23.2. The summed E-state index contributed by atoms with van der Waals surface area (Å²) in [6, 6.07) is 4.17. The number of benzene rings is 1. The predicted molar refractivity (Wildman–Crippen MR) is 278 cm³/mol. The van der Waals surface area contributed by atoms with Crippen LogP contribution in [0.25, 0.3) is 0 Å². The number of aliphatic hydroxyl groups is 20. The van der Waals surface area contributed by atoms with Gasteiger partial charge in [0.1, 0.15) is 116 Å². The van der Waals surface area contributed by atoms with Crippen molar-refractivity contribution in [2.75, 3.05) is 46.2 Å². The molecule has 16 heterocycles. The molecule has 0 unspecified atom stereocenters. The van der Waals surface area contributed by atoms with Gasteiger partial charge in [-0.2, -0.15) is 0 Å². The van der Waals surface area contributed by atoms with Gasteiger partial charge in [-0.05, 0) is 0 Å². The predicted octanol–water partition coefficient (Wildman–Crippen LogP) is -13.3. The van der Waals surface area contributed by atoms with E-state index in [4.69, 9.17) is 74.1 Å². The van der Waals surface area contributed by atoms with E-state index in [0.29, 0.717) is 0 Å². The third-order valence-corrected chi connectivity index (χ3v) is 19.5. The first-order chi connectivity index (χ1) is 42.5. The van der Waals surface area contributed by atoms with Crippen LogP contribution in [-0.2, 0) is 80.7 Å². The molecular formula is C50H75IO38. The number of hydrogen-bond donors (Lipinski definition) is 21. The molecule has 0 aliphatic carbocycles. The molecule has 0 amide bonds. The van der Waals surface area contributed by atoms with Crippen molar-refractivity contribution in [3.05, 3.63) is 32.9 Å². The second-order valence-corrected chi connectivity index (χ2v) is 25.3. The van der Waals surface area contributed by atoms with Gasteiger partial charge >= 0.3 is 202 Å². The summed E-state index contributed by atoms with van der Waals surface area (Å²) >= 11 is -3.27. The minimum atomic E-state index is -3.27. The van der Waals surface area contributed by atoms with Crippen LogP contribution in [0.5, 0.6) is 0 Å². The Labute approximate surface area is 510 Å². The molecular weight excluding hydrogens is 1340 g/mol. The maximum absolute atomic E-state index is 12.6. The molecule has 16 aliphatic rings. The first-order valence-corrected chi connectivity index (χ1v) is 31.1. The molecule has 39 heteroatoms. The molecule has 16 aliphatic heterocycles. The number of rotatable bonds is 10. The van der Waals surface area contributed by atoms with Gasteiger partial charge < -0.3 is 129 Å². The molecule has 21 N–H and O–H groups in total. The van der Waals surface area contributed by atoms with E-state index in [9.17, 15) is 110 Å². The van der Waals surface area contributed by atoms with Crippen LogP contribution in [0.2, 0.25) is 0 Å². The third-order valence-electron chi connectivity index (χ3n) is 16.8. The number of fused-ring (bicyclic) bond motifs is 8. The average Bonchev–Trinajstić information content (AvgIpc) is 3.27. The molecule has 0 radical (unpaired) electrons. The van der Waals surface area contributed by atoms with Gasteiger partial charge in [-0.1, -0.05) is 0 Å². The standard InChI is InChI=1S/C50H75IO38/c52-4-15-35-22(59)28(65)45(75-15)83-37-17(6-54)77-47(30(67)24(37)61)85-39-19(8-56)79-49(32(69)26(39)63)87-41-21(10-58)81-50(42(34(41)71)74-11-12-1-2-14-13(3-12)43(72)89-51(14)73)88-40-20(9-57)80-48(33(70)27(40)64)86-38-18(7-55)78-46(31(68)25(38)62)84-36-16(5-53)76-44(82-35)29(66)23(36)60/h1-3,15-42,44-50,52-71,73H,4-11H2/t15-,16-,17-,18-,19-,20-,21-,22-,23-,24-,25-,26-,27-,28-,29-,30-,31-,32-,33-,34+,35-,36-,37-,38-,39-,40-,41-,42-,44-,45-,46-,47-,48-,49-,50-/m1/s1. The van der Waals surface area contributed by atoms with E-state index in [1.165, 1.54) is 18.2 Å². The third kappa shape index (κ3) is 13.8. The summed E-state index contributed by atoms with van der Waals surface area (Å²) in [7, 11) is 0. The van der Waals surface area contributed by atoms with E-state index in [-0.39, 0.29) is 14.7 Å². The fourth-order valence-electron chi connectivity index (χ4n) is 11.9. The van der Waals surface area contributed by atoms with Gasteiger partial charge in [-0.3, -0.25) is 0 Å². The Morgan fingerprint density at radius 2 is 0.584 bits per heavy atom. The van der Waals surface area contributed by atoms with Gasteiger partial charge in [-0.15, -0.1) is 0 Å². The monoisotopic (exact) mass is 1410 g/mol. The van der Waals surface area contributed by atoms with E-state index >= 15 is 0 Å². The molecule has 0 aromatic heterocycles. The first kappa shape index (κ1) is 69.8. The van der Waals surface area contributed by atoms with Crippen LogP contribution in [0.3, 0.4) is 0 Å². The van der Waals surface area contributed by atoms with Crippen LogP contribution in [0.4, 0.5) is 0 Å². The van der Waals surface area contributed by atoms with Crippen LogP contribution in [0, 0.1) is 3.57 Å². The summed E-state index contributed by atoms with van der Waals surface area (Å²) in [4.78, 5) is 12.6. The summed E-state index contributed by atoms with van der Waals surface area (Å²) in [6.07, 6.45) is -70.9. The fourth-order valence-corrected chi connectivity index (χ4v) is 14.1. The zero-order chi connectivity index (χ0) is 64.2. The van der Waals surface area contributed by atoms with E-state index in [2.05, 4.69) is 0 Å². The maximum atomic E-state index is 12.6. The van der Waals surface area contributed by atoms with Gasteiger partial charge in [0.05, 0.1) is 33.0 Å². The zero-order valence-electron chi connectivity index (χ0n) is 46.3. The Morgan fingerprint density at radius 3 is 0.854 bits per heavy atom. The molecule has 14 bridgehead atoms. The summed E-state index contributed by atoms with van der Waals surface area (Å²) in [5, 5.41) is 224. The Hall–Kier alpha value is -2.02. The van der Waals surface area contributed by atoms with Gasteiger partial charge in [0.15, 0.2) is 31.5 Å². The van der Waals surface area contributed by atoms with Gasteiger partial charge in [-0.25, -0.2) is 0 Å². The summed E-state index contributed by atoms with van der Waals surface area (Å²) in [6.45, 7) is -8.04. The van der Waals surface area contributed by atoms with Crippen LogP contribution in [-0.4, -0.2) is 373 Å².